The summed E-state index contributed by atoms with van der Waals surface area (Å²) >= 11 is 3.41. The zero-order valence-corrected chi connectivity index (χ0v) is 12.4. The lowest BCUT2D eigenvalue weighted by molar-refractivity contribution is 0.832. The van der Waals surface area contributed by atoms with E-state index in [9.17, 15) is 9.59 Å². The number of imidazole rings is 1. The van der Waals surface area contributed by atoms with Gasteiger partial charge >= 0.3 is 5.69 Å². The van der Waals surface area contributed by atoms with Gasteiger partial charge in [-0.3, -0.25) is 14.3 Å². The van der Waals surface area contributed by atoms with Crippen molar-refractivity contribution in [2.45, 2.75) is 6.92 Å². The van der Waals surface area contributed by atoms with Gasteiger partial charge in [0, 0.05) is 17.1 Å². The topological polar surface area (TPSA) is 83.5 Å². The van der Waals surface area contributed by atoms with Gasteiger partial charge in [-0.05, 0) is 24.6 Å². The molecule has 0 aliphatic carbocycles. The summed E-state index contributed by atoms with van der Waals surface area (Å²) in [5, 5.41) is 0. The molecule has 2 aromatic heterocycles. The van der Waals surface area contributed by atoms with Gasteiger partial charge in [0.2, 0.25) is 0 Å². The molecule has 20 heavy (non-hydrogen) atoms. The molecule has 0 saturated heterocycles. The van der Waals surface area contributed by atoms with Crippen molar-refractivity contribution in [3.8, 4) is 11.4 Å². The Morgan fingerprint density at radius 1 is 1.25 bits per heavy atom. The molecule has 0 radical (unpaired) electrons. The molecule has 0 spiro atoms. The fourth-order valence-corrected chi connectivity index (χ4v) is 2.44. The molecule has 3 rings (SSSR count). The molecule has 0 atom stereocenters. The van der Waals surface area contributed by atoms with E-state index >= 15 is 0 Å². The SMILES string of the molecule is Cc1ccc(Br)cc1-c1nc2c([nH]1)c(=O)[nH]c(=O)n2C. The van der Waals surface area contributed by atoms with Crippen LogP contribution in [0.25, 0.3) is 22.6 Å². The number of H-pyrrole nitrogens is 2. The van der Waals surface area contributed by atoms with Crippen LogP contribution in [0.4, 0.5) is 0 Å². The maximum Gasteiger partial charge on any atom is 0.329 e. The molecule has 0 bridgehead atoms. The maximum atomic E-state index is 11.8. The molecule has 2 heterocycles. The van der Waals surface area contributed by atoms with Crippen molar-refractivity contribution < 1.29 is 0 Å². The van der Waals surface area contributed by atoms with Crippen LogP contribution >= 0.6 is 15.9 Å². The van der Waals surface area contributed by atoms with E-state index in [1.54, 1.807) is 7.05 Å². The van der Waals surface area contributed by atoms with E-state index in [1.165, 1.54) is 4.57 Å². The van der Waals surface area contributed by atoms with Gasteiger partial charge in [0.1, 0.15) is 11.3 Å². The predicted octanol–water partition coefficient (Wildman–Crippen LogP) is 1.69. The van der Waals surface area contributed by atoms with Gasteiger partial charge in [-0.2, -0.15) is 0 Å². The Bertz CT molecular complexity index is 936. The molecule has 7 heteroatoms. The lowest BCUT2D eigenvalue weighted by atomic mass is 10.1. The Balaban J connectivity index is 2.37. The first-order valence-electron chi connectivity index (χ1n) is 5.93. The monoisotopic (exact) mass is 334 g/mol. The second kappa shape index (κ2) is 4.45. The lowest BCUT2D eigenvalue weighted by Gasteiger charge is -2.02. The van der Waals surface area contributed by atoms with Crippen LogP contribution in [0.15, 0.2) is 32.3 Å². The third-order valence-corrected chi connectivity index (χ3v) is 3.70. The van der Waals surface area contributed by atoms with E-state index in [2.05, 4.69) is 30.9 Å². The van der Waals surface area contributed by atoms with E-state index in [0.29, 0.717) is 17.0 Å². The Kier molecular flexibility index (Phi) is 2.86. The second-order valence-electron chi connectivity index (χ2n) is 4.56. The number of aryl methyl sites for hydroxylation is 2. The number of nitrogens with zero attached hydrogens (tertiary/aromatic N) is 2. The number of hydrogen-bond acceptors (Lipinski definition) is 3. The molecular formula is C13H11BrN4O2. The molecule has 1 aromatic carbocycles. The van der Waals surface area contributed by atoms with E-state index in [4.69, 9.17) is 0 Å². The Morgan fingerprint density at radius 3 is 2.75 bits per heavy atom. The predicted molar refractivity (Wildman–Crippen MR) is 79.8 cm³/mol. The Labute approximate surface area is 121 Å². The molecule has 0 saturated carbocycles. The summed E-state index contributed by atoms with van der Waals surface area (Å²) in [5.74, 6) is 0.561. The average molecular weight is 335 g/mol. The molecule has 0 aliphatic rings. The van der Waals surface area contributed by atoms with Gasteiger partial charge in [-0.25, -0.2) is 9.78 Å². The van der Waals surface area contributed by atoms with Gasteiger partial charge in [-0.15, -0.1) is 0 Å². The van der Waals surface area contributed by atoms with E-state index in [1.807, 2.05) is 25.1 Å². The number of hydrogen-bond donors (Lipinski definition) is 2. The van der Waals surface area contributed by atoms with E-state index < -0.39 is 11.2 Å². The molecule has 102 valence electrons. The van der Waals surface area contributed by atoms with Crippen molar-refractivity contribution in [1.29, 1.82) is 0 Å². The van der Waals surface area contributed by atoms with Crippen LogP contribution in [0.2, 0.25) is 0 Å². The third-order valence-electron chi connectivity index (χ3n) is 3.21. The molecule has 0 fully saturated rings. The van der Waals surface area contributed by atoms with Crippen LogP contribution in [0.5, 0.6) is 0 Å². The van der Waals surface area contributed by atoms with Crippen molar-refractivity contribution in [3.05, 3.63) is 49.1 Å². The summed E-state index contributed by atoms with van der Waals surface area (Å²) in [6.07, 6.45) is 0. The highest BCUT2D eigenvalue weighted by Crippen LogP contribution is 2.25. The smallest absolute Gasteiger partial charge is 0.329 e. The molecule has 3 aromatic rings. The van der Waals surface area contributed by atoms with Crippen molar-refractivity contribution >= 4 is 27.1 Å². The quantitative estimate of drug-likeness (QED) is 0.710. The summed E-state index contributed by atoms with van der Waals surface area (Å²) in [6.45, 7) is 1.96. The zero-order chi connectivity index (χ0) is 14.4. The summed E-state index contributed by atoms with van der Waals surface area (Å²) in [5.41, 5.74) is 1.59. The molecule has 6 nitrogen and oxygen atoms in total. The molecule has 0 aliphatic heterocycles. The van der Waals surface area contributed by atoms with Gasteiger partial charge in [0.05, 0.1) is 0 Å². The van der Waals surface area contributed by atoms with Crippen molar-refractivity contribution in [1.82, 2.24) is 19.5 Å². The van der Waals surface area contributed by atoms with Crippen LogP contribution < -0.4 is 11.2 Å². The van der Waals surface area contributed by atoms with Crippen LogP contribution in [0, 0.1) is 6.92 Å². The standard InChI is InChI=1S/C13H11BrN4O2/c1-6-3-4-7(14)5-8(6)10-15-9-11(16-10)18(2)13(20)17-12(9)19/h3-5H,1-2H3,(H,15,16)(H,17,19,20). The summed E-state index contributed by atoms with van der Waals surface area (Å²) in [7, 11) is 1.57. The van der Waals surface area contributed by atoms with Crippen molar-refractivity contribution in [2.75, 3.05) is 0 Å². The van der Waals surface area contributed by atoms with Gasteiger partial charge in [0.25, 0.3) is 5.56 Å². The number of rotatable bonds is 1. The van der Waals surface area contributed by atoms with Gasteiger partial charge < -0.3 is 4.98 Å². The molecule has 2 N–H and O–H groups in total. The molecule has 0 unspecified atom stereocenters. The highest BCUT2D eigenvalue weighted by Gasteiger charge is 2.13. The highest BCUT2D eigenvalue weighted by atomic mass is 79.9. The molecule has 0 amide bonds. The normalized spacial score (nSPS) is 11.2. The number of nitrogens with one attached hydrogen (secondary N) is 2. The van der Waals surface area contributed by atoms with Crippen LogP contribution in [0.3, 0.4) is 0 Å². The van der Waals surface area contributed by atoms with Crippen LogP contribution in [-0.4, -0.2) is 19.5 Å². The van der Waals surface area contributed by atoms with Crippen molar-refractivity contribution in [2.24, 2.45) is 7.05 Å². The number of benzene rings is 1. The molecular weight excluding hydrogens is 324 g/mol. The zero-order valence-electron chi connectivity index (χ0n) is 10.8. The fraction of sp³-hybridized carbons (Fsp3) is 0.154. The van der Waals surface area contributed by atoms with Crippen LogP contribution in [0.1, 0.15) is 5.56 Å². The first-order valence-corrected chi connectivity index (χ1v) is 6.72. The third kappa shape index (κ3) is 1.90. The van der Waals surface area contributed by atoms with E-state index in [-0.39, 0.29) is 0 Å². The van der Waals surface area contributed by atoms with Gasteiger partial charge in [0.15, 0.2) is 5.65 Å². The minimum atomic E-state index is -0.480. The number of halogens is 1. The lowest BCUT2D eigenvalue weighted by Crippen LogP contribution is -2.28. The van der Waals surface area contributed by atoms with Crippen molar-refractivity contribution in [3.63, 3.8) is 0 Å². The van der Waals surface area contributed by atoms with E-state index in [0.717, 1.165) is 15.6 Å². The van der Waals surface area contributed by atoms with Gasteiger partial charge in [-0.1, -0.05) is 22.0 Å². The Hall–Kier alpha value is -2.15. The maximum absolute atomic E-state index is 11.8. The minimum Gasteiger partial charge on any atom is -0.332 e. The summed E-state index contributed by atoms with van der Waals surface area (Å²) < 4.78 is 2.23. The summed E-state index contributed by atoms with van der Waals surface area (Å²) in [4.78, 5) is 33.0. The fourth-order valence-electron chi connectivity index (χ4n) is 2.08. The highest BCUT2D eigenvalue weighted by molar-refractivity contribution is 9.10. The summed E-state index contributed by atoms with van der Waals surface area (Å²) in [6, 6.07) is 5.80. The minimum absolute atomic E-state index is 0.293. The number of fused-ring (bicyclic) bond motifs is 1. The average Bonchev–Trinajstić information content (AvgIpc) is 2.84. The largest absolute Gasteiger partial charge is 0.332 e. The van der Waals surface area contributed by atoms with Crippen LogP contribution in [-0.2, 0) is 7.05 Å². The number of aromatic nitrogens is 4. The Morgan fingerprint density at radius 2 is 2.00 bits per heavy atom. The second-order valence-corrected chi connectivity index (χ2v) is 5.48. The first kappa shape index (κ1) is 12.9. The first-order chi connectivity index (χ1) is 9.47. The number of aromatic amines is 2.